The maximum Gasteiger partial charge on any atom is 0.251 e. The fourth-order valence-electron chi connectivity index (χ4n) is 3.36. The lowest BCUT2D eigenvalue weighted by Gasteiger charge is -2.13. The van der Waals surface area contributed by atoms with E-state index in [1.54, 1.807) is 42.5 Å². The van der Waals surface area contributed by atoms with E-state index in [1.165, 1.54) is 0 Å². The molecule has 2 N–H and O–H groups in total. The summed E-state index contributed by atoms with van der Waals surface area (Å²) in [7, 11) is 0. The average molecular weight is 418 g/mol. The quantitative estimate of drug-likeness (QED) is 0.435. The summed E-state index contributed by atoms with van der Waals surface area (Å²) in [5.74, 6) is 0.352. The van der Waals surface area contributed by atoms with Crippen LogP contribution in [-0.2, 0) is 0 Å². The number of imidazole rings is 1. The maximum absolute atomic E-state index is 12.7. The zero-order valence-electron chi connectivity index (χ0n) is 16.6. The molecule has 1 atom stereocenters. The molecule has 0 saturated heterocycles. The van der Waals surface area contributed by atoms with Gasteiger partial charge in [0.2, 0.25) is 0 Å². The van der Waals surface area contributed by atoms with Crippen molar-refractivity contribution in [3.63, 3.8) is 0 Å². The van der Waals surface area contributed by atoms with Gasteiger partial charge in [-0.25, -0.2) is 4.98 Å². The van der Waals surface area contributed by atoms with E-state index in [9.17, 15) is 9.59 Å². The molecule has 150 valence electrons. The Morgan fingerprint density at radius 1 is 1.00 bits per heavy atom. The van der Waals surface area contributed by atoms with Crippen molar-refractivity contribution >= 4 is 34.3 Å². The molecule has 4 aromatic rings. The van der Waals surface area contributed by atoms with E-state index in [0.717, 1.165) is 16.6 Å². The van der Waals surface area contributed by atoms with Gasteiger partial charge in [-0.1, -0.05) is 41.9 Å². The van der Waals surface area contributed by atoms with Gasteiger partial charge in [0.25, 0.3) is 5.91 Å². The van der Waals surface area contributed by atoms with Crippen LogP contribution in [0.5, 0.6) is 0 Å². The van der Waals surface area contributed by atoms with Crippen LogP contribution in [0.3, 0.4) is 0 Å². The normalized spacial score (nSPS) is 12.0. The number of aromatic amines is 1. The monoisotopic (exact) mass is 417 g/mol. The van der Waals surface area contributed by atoms with Crippen LogP contribution in [0.25, 0.3) is 11.0 Å². The van der Waals surface area contributed by atoms with Gasteiger partial charge >= 0.3 is 0 Å². The molecular weight excluding hydrogens is 398 g/mol. The molecule has 0 bridgehead atoms. The van der Waals surface area contributed by atoms with Gasteiger partial charge in [0.05, 0.1) is 17.1 Å². The Hall–Kier alpha value is -3.44. The summed E-state index contributed by atoms with van der Waals surface area (Å²) in [5.41, 5.74) is 4.05. The minimum Gasteiger partial charge on any atom is -0.342 e. The lowest BCUT2D eigenvalue weighted by molar-refractivity contribution is 0.0937. The third-order valence-corrected chi connectivity index (χ3v) is 5.22. The Bertz CT molecular complexity index is 1250. The van der Waals surface area contributed by atoms with Crippen LogP contribution in [0.1, 0.15) is 50.6 Å². The molecule has 0 spiro atoms. The Balaban J connectivity index is 1.51. The van der Waals surface area contributed by atoms with Gasteiger partial charge in [-0.2, -0.15) is 0 Å². The molecule has 0 unspecified atom stereocenters. The molecule has 30 heavy (non-hydrogen) atoms. The number of hydrogen-bond acceptors (Lipinski definition) is 3. The van der Waals surface area contributed by atoms with E-state index in [2.05, 4.69) is 15.3 Å². The number of H-pyrrole nitrogens is 1. The predicted octanol–water partition coefficient (Wildman–Crippen LogP) is 5.25. The van der Waals surface area contributed by atoms with Gasteiger partial charge in [-0.3, -0.25) is 9.59 Å². The second-order valence-corrected chi connectivity index (χ2v) is 7.64. The molecule has 0 aliphatic rings. The number of aromatic nitrogens is 2. The van der Waals surface area contributed by atoms with Gasteiger partial charge in [0.1, 0.15) is 5.82 Å². The minimum absolute atomic E-state index is 0.0608. The molecule has 0 saturated carbocycles. The van der Waals surface area contributed by atoms with Crippen molar-refractivity contribution in [2.75, 3.05) is 0 Å². The number of amides is 1. The molecule has 3 aromatic carbocycles. The number of ketones is 1. The van der Waals surface area contributed by atoms with Crippen molar-refractivity contribution < 1.29 is 9.59 Å². The number of nitrogens with one attached hydrogen (secondary N) is 2. The van der Waals surface area contributed by atoms with Crippen molar-refractivity contribution in [1.29, 1.82) is 0 Å². The maximum atomic E-state index is 12.7. The third-order valence-electron chi connectivity index (χ3n) is 4.99. The Morgan fingerprint density at radius 3 is 2.50 bits per heavy atom. The van der Waals surface area contributed by atoms with Crippen molar-refractivity contribution in [3.8, 4) is 0 Å². The van der Waals surface area contributed by atoms with E-state index in [4.69, 9.17) is 11.6 Å². The van der Waals surface area contributed by atoms with Gasteiger partial charge in [-0.05, 0) is 55.8 Å². The fraction of sp³-hybridized carbons (Fsp3) is 0.125. The molecule has 1 amide bonds. The smallest absolute Gasteiger partial charge is 0.251 e. The average Bonchev–Trinajstić information content (AvgIpc) is 3.17. The molecule has 0 radical (unpaired) electrons. The van der Waals surface area contributed by atoms with E-state index in [-0.39, 0.29) is 17.7 Å². The first kappa shape index (κ1) is 19.9. The summed E-state index contributed by atoms with van der Waals surface area (Å²) in [6, 6.07) is 19.3. The van der Waals surface area contributed by atoms with Gasteiger partial charge in [0.15, 0.2) is 5.78 Å². The van der Waals surface area contributed by atoms with Crippen molar-refractivity contribution in [2.24, 2.45) is 0 Å². The SMILES string of the molecule is Cc1cc(C(=O)N[C@@H](C)c2nc3ccc(Cl)cc3[nH]2)ccc1C(=O)c1ccccc1. The molecular formula is C24H20ClN3O2. The lowest BCUT2D eigenvalue weighted by Crippen LogP contribution is -2.27. The second-order valence-electron chi connectivity index (χ2n) is 7.20. The number of aryl methyl sites for hydroxylation is 1. The zero-order chi connectivity index (χ0) is 21.3. The topological polar surface area (TPSA) is 74.8 Å². The van der Waals surface area contributed by atoms with Gasteiger partial charge in [-0.15, -0.1) is 0 Å². The highest BCUT2D eigenvalue weighted by molar-refractivity contribution is 6.31. The lowest BCUT2D eigenvalue weighted by atomic mass is 9.97. The van der Waals surface area contributed by atoms with Crippen LogP contribution in [0.15, 0.2) is 66.7 Å². The number of carbonyl (C=O) groups is 2. The summed E-state index contributed by atoms with van der Waals surface area (Å²) < 4.78 is 0. The predicted molar refractivity (Wildman–Crippen MR) is 118 cm³/mol. The number of rotatable bonds is 5. The van der Waals surface area contributed by atoms with Crippen LogP contribution < -0.4 is 5.32 Å². The second kappa shape index (κ2) is 8.13. The summed E-state index contributed by atoms with van der Waals surface area (Å²) in [6.45, 7) is 3.69. The van der Waals surface area contributed by atoms with E-state index < -0.39 is 0 Å². The highest BCUT2D eigenvalue weighted by Gasteiger charge is 2.17. The highest BCUT2D eigenvalue weighted by atomic mass is 35.5. The first-order valence-electron chi connectivity index (χ1n) is 9.59. The van der Waals surface area contributed by atoms with Crippen molar-refractivity contribution in [2.45, 2.75) is 19.9 Å². The number of nitrogens with zero attached hydrogens (tertiary/aromatic N) is 1. The number of halogens is 1. The van der Waals surface area contributed by atoms with Gasteiger partial charge < -0.3 is 10.3 Å². The van der Waals surface area contributed by atoms with E-state index in [0.29, 0.717) is 27.5 Å². The summed E-state index contributed by atoms with van der Waals surface area (Å²) in [4.78, 5) is 33.1. The standard InChI is InChI=1S/C24H20ClN3O2/c1-14-12-17(8-10-19(14)22(29)16-6-4-3-5-7-16)24(30)26-15(2)23-27-20-11-9-18(25)13-21(20)28-23/h3-13,15H,1-2H3,(H,26,30)(H,27,28)/t15-/m0/s1. The Labute approximate surface area is 179 Å². The van der Waals surface area contributed by atoms with Gasteiger partial charge in [0, 0.05) is 21.7 Å². The molecule has 6 heteroatoms. The first-order chi connectivity index (χ1) is 14.4. The molecule has 1 heterocycles. The summed E-state index contributed by atoms with van der Waals surface area (Å²) in [5, 5.41) is 3.57. The number of fused-ring (bicyclic) bond motifs is 1. The largest absolute Gasteiger partial charge is 0.342 e. The molecule has 0 aliphatic carbocycles. The molecule has 1 aromatic heterocycles. The first-order valence-corrected chi connectivity index (χ1v) is 9.96. The number of carbonyl (C=O) groups excluding carboxylic acids is 2. The van der Waals surface area contributed by atoms with Crippen LogP contribution in [0.2, 0.25) is 5.02 Å². The molecule has 4 rings (SSSR count). The van der Waals surface area contributed by atoms with Crippen LogP contribution >= 0.6 is 11.6 Å². The minimum atomic E-state index is -0.324. The Morgan fingerprint density at radius 2 is 1.77 bits per heavy atom. The van der Waals surface area contributed by atoms with Crippen LogP contribution in [-0.4, -0.2) is 21.7 Å². The molecule has 0 fully saturated rings. The van der Waals surface area contributed by atoms with E-state index >= 15 is 0 Å². The van der Waals surface area contributed by atoms with Crippen LogP contribution in [0.4, 0.5) is 0 Å². The van der Waals surface area contributed by atoms with Crippen molar-refractivity contribution in [3.05, 3.63) is 99.8 Å². The van der Waals surface area contributed by atoms with Crippen LogP contribution in [0, 0.1) is 6.92 Å². The molecule has 0 aliphatic heterocycles. The fourth-order valence-corrected chi connectivity index (χ4v) is 3.53. The Kier molecular flexibility index (Phi) is 5.38. The highest BCUT2D eigenvalue weighted by Crippen LogP contribution is 2.21. The zero-order valence-corrected chi connectivity index (χ0v) is 17.3. The third kappa shape index (κ3) is 3.98. The van der Waals surface area contributed by atoms with E-state index in [1.807, 2.05) is 38.1 Å². The summed E-state index contributed by atoms with van der Waals surface area (Å²) >= 11 is 6.02. The molecule has 5 nitrogen and oxygen atoms in total. The summed E-state index contributed by atoms with van der Waals surface area (Å²) in [6.07, 6.45) is 0. The number of hydrogen-bond donors (Lipinski definition) is 2. The van der Waals surface area contributed by atoms with Crippen molar-refractivity contribution in [1.82, 2.24) is 15.3 Å². The number of benzene rings is 3.